The number of hydrogen-bond donors (Lipinski definition) is 2. The summed E-state index contributed by atoms with van der Waals surface area (Å²) >= 11 is 1.38. The molecule has 0 saturated heterocycles. The van der Waals surface area contributed by atoms with Gasteiger partial charge in [0, 0.05) is 29.1 Å². The van der Waals surface area contributed by atoms with Gasteiger partial charge in [-0.25, -0.2) is 9.37 Å². The number of rotatable bonds is 7. The maximum atomic E-state index is 13.3. The van der Waals surface area contributed by atoms with Crippen molar-refractivity contribution >= 4 is 28.8 Å². The number of benzene rings is 2. The second-order valence-corrected chi connectivity index (χ2v) is 7.81. The van der Waals surface area contributed by atoms with Crippen LogP contribution in [0.5, 0.6) is 0 Å². The zero-order chi connectivity index (χ0) is 20.8. The Bertz CT molecular complexity index is 999. The summed E-state index contributed by atoms with van der Waals surface area (Å²) in [5.74, 6) is -0.571. The van der Waals surface area contributed by atoms with Crippen molar-refractivity contribution in [3.63, 3.8) is 0 Å². The number of carbonyl (C=O) groups is 2. The summed E-state index contributed by atoms with van der Waals surface area (Å²) in [6.45, 7) is 4.06. The van der Waals surface area contributed by atoms with E-state index in [2.05, 4.69) is 15.6 Å². The Morgan fingerprint density at radius 1 is 1.14 bits per heavy atom. The highest BCUT2D eigenvalue weighted by molar-refractivity contribution is 7.13. The number of carbonyl (C=O) groups excluding carboxylic acids is 2. The Hall–Kier alpha value is -3.06. The molecule has 0 saturated carbocycles. The van der Waals surface area contributed by atoms with Gasteiger partial charge in [0.2, 0.25) is 11.8 Å². The van der Waals surface area contributed by atoms with Crippen LogP contribution in [0.15, 0.2) is 53.9 Å². The van der Waals surface area contributed by atoms with Crippen LogP contribution in [0.25, 0.3) is 10.6 Å². The first-order valence-corrected chi connectivity index (χ1v) is 10.2. The third-order valence-electron chi connectivity index (χ3n) is 4.20. The minimum absolute atomic E-state index is 0.0353. The fourth-order valence-corrected chi connectivity index (χ4v) is 3.38. The number of aromatic nitrogens is 1. The van der Waals surface area contributed by atoms with Crippen LogP contribution in [0.1, 0.15) is 25.1 Å². The molecule has 0 unspecified atom stereocenters. The molecule has 5 nitrogen and oxygen atoms in total. The van der Waals surface area contributed by atoms with Crippen molar-refractivity contribution in [2.45, 2.75) is 26.8 Å². The molecular formula is C22H22FN3O2S. The van der Waals surface area contributed by atoms with Gasteiger partial charge in [0.05, 0.1) is 12.1 Å². The normalized spacial score (nSPS) is 10.8. The van der Waals surface area contributed by atoms with E-state index in [1.807, 2.05) is 43.5 Å². The molecule has 0 aliphatic heterocycles. The average molecular weight is 412 g/mol. The molecule has 0 radical (unpaired) electrons. The van der Waals surface area contributed by atoms with Gasteiger partial charge in [-0.3, -0.25) is 9.59 Å². The SMILES string of the molecule is CC(C)C(=O)Nc1ccc(CNC(=O)Cc2csc(-c3cccc(F)c3)n2)cc1. The Morgan fingerprint density at radius 2 is 1.90 bits per heavy atom. The highest BCUT2D eigenvalue weighted by Crippen LogP contribution is 2.24. The maximum absolute atomic E-state index is 13.3. The summed E-state index contributed by atoms with van der Waals surface area (Å²) in [6, 6.07) is 13.6. The van der Waals surface area contributed by atoms with E-state index < -0.39 is 0 Å². The van der Waals surface area contributed by atoms with Crippen molar-refractivity contribution in [3.8, 4) is 10.6 Å². The van der Waals surface area contributed by atoms with E-state index in [4.69, 9.17) is 0 Å². The first-order valence-electron chi connectivity index (χ1n) is 9.27. The van der Waals surface area contributed by atoms with Gasteiger partial charge in [0.25, 0.3) is 0 Å². The van der Waals surface area contributed by atoms with Gasteiger partial charge in [-0.1, -0.05) is 38.1 Å². The van der Waals surface area contributed by atoms with Crippen LogP contribution in [0.4, 0.5) is 10.1 Å². The molecule has 0 fully saturated rings. The summed E-state index contributed by atoms with van der Waals surface area (Å²) in [6.07, 6.45) is 0.161. The quantitative estimate of drug-likeness (QED) is 0.605. The zero-order valence-corrected chi connectivity index (χ0v) is 17.1. The molecule has 0 bridgehead atoms. The van der Waals surface area contributed by atoms with Crippen molar-refractivity contribution in [2.75, 3.05) is 5.32 Å². The van der Waals surface area contributed by atoms with Gasteiger partial charge in [0.1, 0.15) is 10.8 Å². The van der Waals surface area contributed by atoms with Gasteiger partial charge >= 0.3 is 0 Å². The molecule has 150 valence electrons. The number of amides is 2. The second-order valence-electron chi connectivity index (χ2n) is 6.95. The summed E-state index contributed by atoms with van der Waals surface area (Å²) in [4.78, 5) is 28.3. The third kappa shape index (κ3) is 5.96. The first kappa shape index (κ1) is 20.7. The van der Waals surface area contributed by atoms with E-state index >= 15 is 0 Å². The Balaban J connectivity index is 1.51. The molecule has 0 spiro atoms. The van der Waals surface area contributed by atoms with Crippen LogP contribution in [0, 0.1) is 11.7 Å². The van der Waals surface area contributed by atoms with Gasteiger partial charge < -0.3 is 10.6 Å². The highest BCUT2D eigenvalue weighted by Gasteiger charge is 2.10. The van der Waals surface area contributed by atoms with Crippen molar-refractivity contribution in [1.29, 1.82) is 0 Å². The lowest BCUT2D eigenvalue weighted by molar-refractivity contribution is -0.120. The molecule has 0 aliphatic rings. The predicted octanol–water partition coefficient (Wildman–Crippen LogP) is 4.40. The summed E-state index contributed by atoms with van der Waals surface area (Å²) in [5, 5.41) is 8.19. The van der Waals surface area contributed by atoms with E-state index in [0.29, 0.717) is 22.8 Å². The molecule has 1 aromatic heterocycles. The molecular weight excluding hydrogens is 389 g/mol. The number of nitrogens with one attached hydrogen (secondary N) is 2. The molecule has 29 heavy (non-hydrogen) atoms. The lowest BCUT2D eigenvalue weighted by Gasteiger charge is -2.09. The molecule has 3 rings (SSSR count). The van der Waals surface area contributed by atoms with Crippen molar-refractivity contribution < 1.29 is 14.0 Å². The topological polar surface area (TPSA) is 71.1 Å². The summed E-state index contributed by atoms with van der Waals surface area (Å²) in [5.41, 5.74) is 3.01. The molecule has 2 amide bonds. The van der Waals surface area contributed by atoms with Gasteiger partial charge in [-0.2, -0.15) is 0 Å². The molecule has 0 aliphatic carbocycles. The van der Waals surface area contributed by atoms with Gasteiger partial charge in [0.15, 0.2) is 0 Å². The minimum atomic E-state index is -0.313. The van der Waals surface area contributed by atoms with Crippen LogP contribution >= 0.6 is 11.3 Å². The second kappa shape index (κ2) is 9.43. The molecule has 7 heteroatoms. The average Bonchev–Trinajstić information content (AvgIpc) is 3.16. The van der Waals surface area contributed by atoms with Crippen molar-refractivity contribution in [1.82, 2.24) is 10.3 Å². The lowest BCUT2D eigenvalue weighted by Crippen LogP contribution is -2.24. The summed E-state index contributed by atoms with van der Waals surface area (Å²) in [7, 11) is 0. The minimum Gasteiger partial charge on any atom is -0.352 e. The number of halogens is 1. The standard InChI is InChI=1S/C22H22FN3O2S/c1-14(2)21(28)25-18-8-6-15(7-9-18)12-24-20(27)11-19-13-29-22(26-19)16-4-3-5-17(23)10-16/h3-10,13-14H,11-12H2,1-2H3,(H,24,27)(H,25,28). The van der Waals surface area contributed by atoms with Gasteiger partial charge in [-0.05, 0) is 29.8 Å². The number of nitrogens with zero attached hydrogens (tertiary/aromatic N) is 1. The molecule has 2 aromatic carbocycles. The first-order chi connectivity index (χ1) is 13.9. The van der Waals surface area contributed by atoms with Crippen LogP contribution in [-0.2, 0) is 22.6 Å². The van der Waals surface area contributed by atoms with E-state index in [-0.39, 0.29) is 30.0 Å². The largest absolute Gasteiger partial charge is 0.352 e. The smallest absolute Gasteiger partial charge is 0.226 e. The Labute approximate surface area is 173 Å². The van der Waals surface area contributed by atoms with Crippen LogP contribution in [0.2, 0.25) is 0 Å². The fourth-order valence-electron chi connectivity index (χ4n) is 2.56. The molecule has 2 N–H and O–H groups in total. The van der Waals surface area contributed by atoms with E-state index in [0.717, 1.165) is 11.3 Å². The zero-order valence-electron chi connectivity index (χ0n) is 16.2. The van der Waals surface area contributed by atoms with Crippen molar-refractivity contribution in [3.05, 3.63) is 71.0 Å². The lowest BCUT2D eigenvalue weighted by atomic mass is 10.1. The predicted molar refractivity (Wildman–Crippen MR) is 113 cm³/mol. The number of thiazole rings is 1. The fraction of sp³-hybridized carbons (Fsp3) is 0.227. The molecule has 1 heterocycles. The summed E-state index contributed by atoms with van der Waals surface area (Å²) < 4.78 is 13.3. The van der Waals surface area contributed by atoms with E-state index in [1.165, 1.54) is 23.5 Å². The van der Waals surface area contributed by atoms with Crippen LogP contribution < -0.4 is 10.6 Å². The monoisotopic (exact) mass is 411 g/mol. The van der Waals surface area contributed by atoms with Crippen LogP contribution in [0.3, 0.4) is 0 Å². The Kier molecular flexibility index (Phi) is 6.72. The number of hydrogen-bond acceptors (Lipinski definition) is 4. The van der Waals surface area contributed by atoms with Crippen molar-refractivity contribution in [2.24, 2.45) is 5.92 Å². The molecule has 3 aromatic rings. The Morgan fingerprint density at radius 3 is 2.59 bits per heavy atom. The number of anilines is 1. The third-order valence-corrected chi connectivity index (χ3v) is 5.14. The van der Waals surface area contributed by atoms with E-state index in [1.54, 1.807) is 12.1 Å². The maximum Gasteiger partial charge on any atom is 0.226 e. The highest BCUT2D eigenvalue weighted by atomic mass is 32.1. The molecule has 0 atom stereocenters. The van der Waals surface area contributed by atoms with Crippen LogP contribution in [-0.4, -0.2) is 16.8 Å². The van der Waals surface area contributed by atoms with E-state index in [9.17, 15) is 14.0 Å². The van der Waals surface area contributed by atoms with Gasteiger partial charge in [-0.15, -0.1) is 11.3 Å².